The molecule has 0 aliphatic carbocycles. The number of aromatic nitrogens is 1. The largest absolute Gasteiger partial charge is 0.388 e. The van der Waals surface area contributed by atoms with Crippen LogP contribution in [0.15, 0.2) is 0 Å². The number of aliphatic hydroxyl groups excluding tert-OH is 1. The number of aliphatic hydroxyl groups is 1. The normalized spacial score (nSPS) is 32.7. The van der Waals surface area contributed by atoms with Crippen LogP contribution in [0.3, 0.4) is 0 Å². The molecule has 0 saturated carbocycles. The lowest BCUT2D eigenvalue weighted by Gasteiger charge is -2.44. The molecule has 0 saturated heterocycles. The lowest BCUT2D eigenvalue weighted by Crippen LogP contribution is -2.52. The zero-order valence-electron chi connectivity index (χ0n) is 17.2. The fourth-order valence-electron chi connectivity index (χ4n) is 5.84. The van der Waals surface area contributed by atoms with Crippen molar-refractivity contribution in [2.24, 2.45) is 0 Å². The molecule has 1 aromatic rings. The molecule has 0 amide bonds. The van der Waals surface area contributed by atoms with E-state index in [1.165, 1.54) is 29.8 Å². The third kappa shape index (κ3) is 2.43. The summed E-state index contributed by atoms with van der Waals surface area (Å²) in [5, 5.41) is 11.4. The molecule has 4 rings (SSSR count). The highest BCUT2D eigenvalue weighted by Gasteiger charge is 2.54. The van der Waals surface area contributed by atoms with E-state index in [1.807, 2.05) is 6.92 Å². The molecule has 0 radical (unpaired) electrons. The molecule has 0 aromatic carbocycles. The highest BCUT2D eigenvalue weighted by atomic mass is 28.4. The van der Waals surface area contributed by atoms with Gasteiger partial charge in [0.2, 0.25) is 0 Å². The molecule has 0 fully saturated rings. The van der Waals surface area contributed by atoms with Gasteiger partial charge in [-0.05, 0) is 55.7 Å². The third-order valence-corrected chi connectivity index (χ3v) is 11.6. The molecule has 0 unspecified atom stereocenters. The Morgan fingerprint density at radius 2 is 1.88 bits per heavy atom. The second kappa shape index (κ2) is 6.47. The minimum atomic E-state index is -2.46. The minimum absolute atomic E-state index is 0.0887. The molecule has 0 bridgehead atoms. The van der Waals surface area contributed by atoms with Gasteiger partial charge in [0.15, 0.2) is 0 Å². The lowest BCUT2D eigenvalue weighted by molar-refractivity contribution is -0.0109. The van der Waals surface area contributed by atoms with Crippen molar-refractivity contribution in [3.8, 4) is 0 Å². The van der Waals surface area contributed by atoms with Gasteiger partial charge in [-0.3, -0.25) is 0 Å². The SMILES string of the molecule is CCc1c2c3n4c1CCC[C@@H]4C[C@@H]3O[Si](C(C)C)(C(C)C)O[C@H](C)[C@@H]2O. The second-order valence-electron chi connectivity index (χ2n) is 9.13. The Morgan fingerprint density at radius 1 is 1.19 bits per heavy atom. The summed E-state index contributed by atoms with van der Waals surface area (Å²) in [6, 6.07) is 0.546. The van der Waals surface area contributed by atoms with Gasteiger partial charge in [0.05, 0.1) is 17.9 Å². The van der Waals surface area contributed by atoms with Crippen molar-refractivity contribution in [1.82, 2.24) is 4.57 Å². The zero-order valence-corrected chi connectivity index (χ0v) is 18.2. The van der Waals surface area contributed by atoms with E-state index in [2.05, 4.69) is 39.2 Å². The summed E-state index contributed by atoms with van der Waals surface area (Å²) >= 11 is 0. The van der Waals surface area contributed by atoms with E-state index in [0.717, 1.165) is 24.8 Å². The van der Waals surface area contributed by atoms with Gasteiger partial charge in [-0.1, -0.05) is 34.6 Å². The van der Waals surface area contributed by atoms with Gasteiger partial charge in [-0.2, -0.15) is 0 Å². The maximum atomic E-state index is 11.4. The van der Waals surface area contributed by atoms with E-state index in [-0.39, 0.29) is 12.2 Å². The van der Waals surface area contributed by atoms with Crippen molar-refractivity contribution in [3.63, 3.8) is 0 Å². The summed E-state index contributed by atoms with van der Waals surface area (Å²) in [5.41, 5.74) is 5.98. The van der Waals surface area contributed by atoms with E-state index in [4.69, 9.17) is 8.85 Å². The van der Waals surface area contributed by atoms with Gasteiger partial charge in [-0.25, -0.2) is 0 Å². The van der Waals surface area contributed by atoms with Crippen molar-refractivity contribution < 1.29 is 14.0 Å². The average Bonchev–Trinajstić information content (AvgIpc) is 3.11. The lowest BCUT2D eigenvalue weighted by atomic mass is 9.91. The van der Waals surface area contributed by atoms with Gasteiger partial charge in [0, 0.05) is 17.3 Å². The fraction of sp³-hybridized carbons (Fsp3) is 0.810. The molecule has 0 spiro atoms. The van der Waals surface area contributed by atoms with Gasteiger partial charge < -0.3 is 18.5 Å². The molecular weight excluding hydrogens is 342 g/mol. The van der Waals surface area contributed by atoms with Crippen LogP contribution in [0, 0.1) is 0 Å². The third-order valence-electron chi connectivity index (χ3n) is 7.01. The Hall–Kier alpha value is -0.623. The Morgan fingerprint density at radius 3 is 2.50 bits per heavy atom. The Labute approximate surface area is 159 Å². The van der Waals surface area contributed by atoms with Crippen molar-refractivity contribution in [2.75, 3.05) is 0 Å². The zero-order chi connectivity index (χ0) is 18.8. The molecule has 1 aromatic heterocycles. The predicted octanol–water partition coefficient (Wildman–Crippen LogP) is 5.10. The van der Waals surface area contributed by atoms with Crippen LogP contribution in [0.1, 0.15) is 102 Å². The first kappa shape index (κ1) is 18.7. The Kier molecular flexibility index (Phi) is 4.66. The van der Waals surface area contributed by atoms with Crippen LogP contribution < -0.4 is 0 Å². The monoisotopic (exact) mass is 377 g/mol. The summed E-state index contributed by atoms with van der Waals surface area (Å²) in [4.78, 5) is 0. The molecule has 4 atom stereocenters. The number of rotatable bonds is 3. The van der Waals surface area contributed by atoms with E-state index < -0.39 is 14.7 Å². The predicted molar refractivity (Wildman–Crippen MR) is 106 cm³/mol. The average molecular weight is 378 g/mol. The van der Waals surface area contributed by atoms with Crippen molar-refractivity contribution in [3.05, 3.63) is 22.5 Å². The Bertz CT molecular complexity index is 688. The van der Waals surface area contributed by atoms with Crippen molar-refractivity contribution in [1.29, 1.82) is 0 Å². The molecule has 146 valence electrons. The van der Waals surface area contributed by atoms with Crippen LogP contribution in [-0.2, 0) is 21.7 Å². The van der Waals surface area contributed by atoms with E-state index in [1.54, 1.807) is 0 Å². The molecule has 4 heterocycles. The van der Waals surface area contributed by atoms with Crippen LogP contribution in [0.5, 0.6) is 0 Å². The van der Waals surface area contributed by atoms with Crippen molar-refractivity contribution >= 4 is 8.56 Å². The van der Waals surface area contributed by atoms with Crippen LogP contribution in [0.4, 0.5) is 0 Å². The van der Waals surface area contributed by atoms with E-state index in [9.17, 15) is 5.11 Å². The first-order chi connectivity index (χ1) is 12.3. The van der Waals surface area contributed by atoms with Crippen LogP contribution in [0.25, 0.3) is 0 Å². The molecule has 5 heteroatoms. The van der Waals surface area contributed by atoms with E-state index >= 15 is 0 Å². The van der Waals surface area contributed by atoms with Crippen molar-refractivity contribution in [2.45, 2.75) is 109 Å². The summed E-state index contributed by atoms with van der Waals surface area (Å²) in [5.74, 6) is 0. The molecule has 1 N–H and O–H groups in total. The molecule has 26 heavy (non-hydrogen) atoms. The summed E-state index contributed by atoms with van der Waals surface area (Å²) in [6.45, 7) is 13.2. The van der Waals surface area contributed by atoms with Crippen LogP contribution in [-0.4, -0.2) is 24.3 Å². The molecule has 4 nitrogen and oxygen atoms in total. The first-order valence-corrected chi connectivity index (χ1v) is 12.6. The summed E-state index contributed by atoms with van der Waals surface area (Å²) < 4.78 is 16.3. The minimum Gasteiger partial charge on any atom is -0.388 e. The highest BCUT2D eigenvalue weighted by Crippen LogP contribution is 2.54. The van der Waals surface area contributed by atoms with Crippen LogP contribution in [0.2, 0.25) is 11.1 Å². The van der Waals surface area contributed by atoms with Crippen LogP contribution >= 0.6 is 0 Å². The number of hydrogen-bond donors (Lipinski definition) is 1. The smallest absolute Gasteiger partial charge is 0.344 e. The maximum absolute atomic E-state index is 11.4. The molecular formula is C21H35NO3Si. The topological polar surface area (TPSA) is 43.6 Å². The summed E-state index contributed by atoms with van der Waals surface area (Å²) in [7, 11) is -2.46. The van der Waals surface area contributed by atoms with Gasteiger partial charge in [0.1, 0.15) is 6.10 Å². The Balaban J connectivity index is 1.92. The second-order valence-corrected chi connectivity index (χ2v) is 13.4. The number of hydrogen-bond acceptors (Lipinski definition) is 3. The first-order valence-electron chi connectivity index (χ1n) is 10.6. The van der Waals surface area contributed by atoms with E-state index in [0.29, 0.717) is 17.1 Å². The quantitative estimate of drug-likeness (QED) is 0.745. The molecule has 3 aliphatic heterocycles. The highest BCUT2D eigenvalue weighted by molar-refractivity contribution is 6.70. The maximum Gasteiger partial charge on any atom is 0.344 e. The standard InChI is InChI=1S/C21H35NO3Si/c1-7-16-17-10-8-9-15-11-18-20(22(15)17)19(16)21(23)14(6)24-26(25-18,12(2)3)13(4)5/h12-15,18,21,23H,7-11H2,1-6H3/t14-,15-,18+,21+/m1/s1. The molecule has 3 aliphatic rings. The van der Waals surface area contributed by atoms with Gasteiger partial charge in [0.25, 0.3) is 0 Å². The summed E-state index contributed by atoms with van der Waals surface area (Å²) in [6.07, 6.45) is 4.98. The van der Waals surface area contributed by atoms with Gasteiger partial charge >= 0.3 is 8.56 Å². The van der Waals surface area contributed by atoms with Gasteiger partial charge in [-0.15, -0.1) is 0 Å². The fourth-order valence-corrected chi connectivity index (χ4v) is 9.68. The number of nitrogens with zero attached hydrogens (tertiary/aromatic N) is 1.